The Kier molecular flexibility index (Phi) is 4.39. The van der Waals surface area contributed by atoms with Crippen molar-refractivity contribution in [2.45, 2.75) is 37.6 Å². The molecule has 2 rings (SSSR count). The predicted octanol–water partition coefficient (Wildman–Crippen LogP) is 1.81. The average Bonchev–Trinajstić information content (AvgIpc) is 2.48. The number of hydrogen-bond donors (Lipinski definition) is 3. The Balaban J connectivity index is 2.21. The van der Waals surface area contributed by atoms with Crippen molar-refractivity contribution in [3.05, 3.63) is 35.4 Å². The standard InChI is InChI=1S/C15H19NO4/c17-10-15(8-4-1-5-9-15)16-13(18)11-6-2-3-7-12(11)14(19)20/h2-3,6-7,17H,1,4-5,8-10H2,(H,16,18)(H,19,20). The molecule has 0 radical (unpaired) electrons. The molecule has 1 aliphatic rings. The summed E-state index contributed by atoms with van der Waals surface area (Å²) in [6.07, 6.45) is 4.47. The van der Waals surface area contributed by atoms with Crippen molar-refractivity contribution in [1.82, 2.24) is 5.32 Å². The number of hydrogen-bond acceptors (Lipinski definition) is 3. The lowest BCUT2D eigenvalue weighted by atomic mass is 9.82. The Morgan fingerprint density at radius 1 is 1.10 bits per heavy atom. The molecule has 0 bridgehead atoms. The van der Waals surface area contributed by atoms with E-state index in [2.05, 4.69) is 5.32 Å². The minimum atomic E-state index is -1.13. The van der Waals surface area contributed by atoms with E-state index in [1.807, 2.05) is 0 Å². The monoisotopic (exact) mass is 277 g/mol. The first-order chi connectivity index (χ1) is 9.58. The van der Waals surface area contributed by atoms with Crippen LogP contribution in [-0.4, -0.2) is 34.2 Å². The normalized spacial score (nSPS) is 17.4. The number of carboxylic acid groups (broad SMARTS) is 1. The molecule has 1 aromatic carbocycles. The molecule has 0 unspecified atom stereocenters. The van der Waals surface area contributed by atoms with E-state index in [1.54, 1.807) is 12.1 Å². The third-order valence-electron chi connectivity index (χ3n) is 3.89. The number of aliphatic hydroxyl groups is 1. The van der Waals surface area contributed by atoms with Gasteiger partial charge in [-0.25, -0.2) is 4.79 Å². The molecular weight excluding hydrogens is 258 g/mol. The number of carbonyl (C=O) groups excluding carboxylic acids is 1. The van der Waals surface area contributed by atoms with Crippen LogP contribution in [0, 0.1) is 0 Å². The van der Waals surface area contributed by atoms with Crippen LogP contribution in [0.25, 0.3) is 0 Å². The summed E-state index contributed by atoms with van der Waals surface area (Å²) >= 11 is 0. The third kappa shape index (κ3) is 2.99. The maximum Gasteiger partial charge on any atom is 0.336 e. The number of aliphatic hydroxyl groups excluding tert-OH is 1. The first-order valence-corrected chi connectivity index (χ1v) is 6.84. The van der Waals surface area contributed by atoms with Gasteiger partial charge in [-0.05, 0) is 25.0 Å². The topological polar surface area (TPSA) is 86.6 Å². The lowest BCUT2D eigenvalue weighted by Crippen LogP contribution is -2.52. The summed E-state index contributed by atoms with van der Waals surface area (Å²) in [5, 5.41) is 21.5. The van der Waals surface area contributed by atoms with E-state index in [1.165, 1.54) is 12.1 Å². The molecule has 1 amide bonds. The number of aromatic carboxylic acids is 1. The zero-order valence-corrected chi connectivity index (χ0v) is 11.3. The largest absolute Gasteiger partial charge is 0.478 e. The molecule has 0 atom stereocenters. The van der Waals surface area contributed by atoms with Crippen LogP contribution in [0.3, 0.4) is 0 Å². The van der Waals surface area contributed by atoms with Crippen LogP contribution in [0.5, 0.6) is 0 Å². The molecule has 0 aromatic heterocycles. The summed E-state index contributed by atoms with van der Waals surface area (Å²) in [5.41, 5.74) is -0.492. The highest BCUT2D eigenvalue weighted by Gasteiger charge is 2.33. The van der Waals surface area contributed by atoms with Gasteiger partial charge in [0.1, 0.15) is 0 Å². The van der Waals surface area contributed by atoms with E-state index in [0.717, 1.165) is 32.1 Å². The van der Waals surface area contributed by atoms with Crippen LogP contribution in [0.2, 0.25) is 0 Å². The van der Waals surface area contributed by atoms with Crippen molar-refractivity contribution in [3.8, 4) is 0 Å². The van der Waals surface area contributed by atoms with Gasteiger partial charge in [0.2, 0.25) is 0 Å². The molecule has 1 saturated carbocycles. The van der Waals surface area contributed by atoms with E-state index in [0.29, 0.717) is 0 Å². The van der Waals surface area contributed by atoms with E-state index >= 15 is 0 Å². The second-order valence-corrected chi connectivity index (χ2v) is 5.30. The van der Waals surface area contributed by atoms with Crippen molar-refractivity contribution in [3.63, 3.8) is 0 Å². The van der Waals surface area contributed by atoms with E-state index < -0.39 is 17.4 Å². The first kappa shape index (κ1) is 14.5. The lowest BCUT2D eigenvalue weighted by Gasteiger charge is -2.36. The fourth-order valence-electron chi connectivity index (χ4n) is 2.73. The Labute approximate surface area is 117 Å². The smallest absolute Gasteiger partial charge is 0.336 e. The van der Waals surface area contributed by atoms with Crippen molar-refractivity contribution >= 4 is 11.9 Å². The quantitative estimate of drug-likeness (QED) is 0.783. The van der Waals surface area contributed by atoms with Gasteiger partial charge in [-0.15, -0.1) is 0 Å². The molecule has 3 N–H and O–H groups in total. The molecular formula is C15H19NO4. The van der Waals surface area contributed by atoms with Gasteiger partial charge < -0.3 is 15.5 Å². The highest BCUT2D eigenvalue weighted by atomic mass is 16.4. The lowest BCUT2D eigenvalue weighted by molar-refractivity contribution is 0.0679. The highest BCUT2D eigenvalue weighted by Crippen LogP contribution is 2.28. The molecule has 1 aliphatic carbocycles. The highest BCUT2D eigenvalue weighted by molar-refractivity contribution is 6.05. The molecule has 0 saturated heterocycles. The number of carboxylic acids is 1. The maximum atomic E-state index is 12.3. The fourth-order valence-corrected chi connectivity index (χ4v) is 2.73. The summed E-state index contributed by atoms with van der Waals surface area (Å²) in [4.78, 5) is 23.5. The van der Waals surface area contributed by atoms with Gasteiger partial charge in [0.15, 0.2) is 0 Å². The van der Waals surface area contributed by atoms with Crippen molar-refractivity contribution in [1.29, 1.82) is 0 Å². The number of carbonyl (C=O) groups is 2. The molecule has 108 valence electrons. The number of rotatable bonds is 4. The van der Waals surface area contributed by atoms with E-state index in [9.17, 15) is 14.7 Å². The summed E-state index contributed by atoms with van der Waals surface area (Å²) < 4.78 is 0. The van der Waals surface area contributed by atoms with Gasteiger partial charge in [0, 0.05) is 0 Å². The van der Waals surface area contributed by atoms with Crippen molar-refractivity contribution in [2.75, 3.05) is 6.61 Å². The molecule has 0 aliphatic heterocycles. The molecule has 5 nitrogen and oxygen atoms in total. The summed E-state index contributed by atoms with van der Waals surface area (Å²) in [6, 6.07) is 6.12. The predicted molar refractivity (Wildman–Crippen MR) is 73.8 cm³/mol. The van der Waals surface area contributed by atoms with Gasteiger partial charge in [-0.1, -0.05) is 31.4 Å². The Hall–Kier alpha value is -1.88. The van der Waals surface area contributed by atoms with Crippen LogP contribution in [-0.2, 0) is 0 Å². The molecule has 1 aromatic rings. The zero-order chi connectivity index (χ0) is 14.6. The van der Waals surface area contributed by atoms with E-state index in [-0.39, 0.29) is 17.7 Å². The summed E-state index contributed by atoms with van der Waals surface area (Å²) in [6.45, 7) is -0.117. The molecule has 5 heteroatoms. The minimum Gasteiger partial charge on any atom is -0.478 e. The van der Waals surface area contributed by atoms with Gasteiger partial charge in [-0.2, -0.15) is 0 Å². The third-order valence-corrected chi connectivity index (χ3v) is 3.89. The minimum absolute atomic E-state index is 0.0195. The van der Waals surface area contributed by atoms with Crippen molar-refractivity contribution in [2.24, 2.45) is 0 Å². The average molecular weight is 277 g/mol. The van der Waals surface area contributed by atoms with Crippen LogP contribution >= 0.6 is 0 Å². The van der Waals surface area contributed by atoms with Crippen LogP contribution in [0.1, 0.15) is 52.8 Å². The number of benzene rings is 1. The fraction of sp³-hybridized carbons (Fsp3) is 0.467. The van der Waals surface area contributed by atoms with E-state index in [4.69, 9.17) is 5.11 Å². The summed E-state index contributed by atoms with van der Waals surface area (Å²) in [7, 11) is 0. The SMILES string of the molecule is O=C(O)c1ccccc1C(=O)NC1(CO)CCCCC1. The van der Waals surface area contributed by atoms with Gasteiger partial charge in [0.05, 0.1) is 23.3 Å². The Bertz CT molecular complexity index is 506. The van der Waals surface area contributed by atoms with Gasteiger partial charge >= 0.3 is 5.97 Å². The van der Waals surface area contributed by atoms with Crippen LogP contribution in [0.15, 0.2) is 24.3 Å². The number of amides is 1. The number of nitrogens with one attached hydrogen (secondary N) is 1. The molecule has 0 spiro atoms. The second kappa shape index (κ2) is 6.05. The summed E-state index contributed by atoms with van der Waals surface area (Å²) in [5.74, 6) is -1.56. The van der Waals surface area contributed by atoms with Gasteiger partial charge in [-0.3, -0.25) is 4.79 Å². The van der Waals surface area contributed by atoms with Crippen molar-refractivity contribution < 1.29 is 19.8 Å². The van der Waals surface area contributed by atoms with Crippen LogP contribution < -0.4 is 5.32 Å². The zero-order valence-electron chi connectivity index (χ0n) is 11.3. The van der Waals surface area contributed by atoms with Crippen LogP contribution in [0.4, 0.5) is 0 Å². The van der Waals surface area contributed by atoms with Gasteiger partial charge in [0.25, 0.3) is 5.91 Å². The molecule has 1 fully saturated rings. The maximum absolute atomic E-state index is 12.3. The molecule has 0 heterocycles. The molecule has 20 heavy (non-hydrogen) atoms. The second-order valence-electron chi connectivity index (χ2n) is 5.30. The first-order valence-electron chi connectivity index (χ1n) is 6.84. The Morgan fingerprint density at radius 3 is 2.25 bits per heavy atom. The Morgan fingerprint density at radius 2 is 1.70 bits per heavy atom.